The third-order valence-electron chi connectivity index (χ3n) is 6.21. The molecule has 0 saturated carbocycles. The summed E-state index contributed by atoms with van der Waals surface area (Å²) in [6.45, 7) is 14.8. The van der Waals surface area contributed by atoms with Gasteiger partial charge in [-0.1, -0.05) is 43.7 Å². The molecule has 1 heterocycles. The lowest BCUT2D eigenvalue weighted by Gasteiger charge is -2.31. The molecule has 1 unspecified atom stereocenters. The van der Waals surface area contributed by atoms with Crippen LogP contribution in [0.2, 0.25) is 0 Å². The monoisotopic (exact) mass is 520 g/mol. The van der Waals surface area contributed by atoms with Crippen LogP contribution >= 0.6 is 0 Å². The van der Waals surface area contributed by atoms with Gasteiger partial charge in [0.15, 0.2) is 0 Å². The summed E-state index contributed by atoms with van der Waals surface area (Å²) in [5, 5.41) is 13.9. The fraction of sp³-hybridized carbons (Fsp3) is 0.467. The molecule has 1 aromatic heterocycles. The Morgan fingerprint density at radius 3 is 2.08 bits per heavy atom. The number of hydrogen-bond donors (Lipinski definition) is 2. The second-order valence-electron chi connectivity index (χ2n) is 11.8. The minimum atomic E-state index is -0.998. The molecule has 0 fully saturated rings. The van der Waals surface area contributed by atoms with Gasteiger partial charge in [0, 0.05) is 23.2 Å². The number of fused-ring (bicyclic) bond motifs is 1. The molecule has 8 nitrogen and oxygen atoms in total. The minimum Gasteiger partial charge on any atom is -0.459 e. The molecule has 1 atom stereocenters. The number of nitrogens with two attached hydrogens (primary N) is 1. The number of nitrogens with one attached hydrogen (secondary N) is 1. The molecule has 3 N–H and O–H groups in total. The molecule has 0 aliphatic rings. The maximum atomic E-state index is 13.0. The van der Waals surface area contributed by atoms with Gasteiger partial charge in [0.05, 0.1) is 11.7 Å². The predicted octanol–water partition coefficient (Wildman–Crippen LogP) is 6.21. The van der Waals surface area contributed by atoms with Gasteiger partial charge in [-0.3, -0.25) is 4.79 Å². The van der Waals surface area contributed by atoms with E-state index in [4.69, 9.17) is 20.6 Å². The summed E-state index contributed by atoms with van der Waals surface area (Å²) in [6, 6.07) is 11.3. The molecular formula is C30H40N4O4. The zero-order chi connectivity index (χ0) is 28.5. The van der Waals surface area contributed by atoms with Crippen molar-refractivity contribution in [1.29, 1.82) is 5.41 Å². The van der Waals surface area contributed by atoms with E-state index >= 15 is 0 Å². The number of hydrogen-bond acceptors (Lipinski definition) is 7. The van der Waals surface area contributed by atoms with Crippen molar-refractivity contribution in [3.63, 3.8) is 0 Å². The van der Waals surface area contributed by atoms with Crippen LogP contribution in [0.25, 0.3) is 22.0 Å². The Hall–Kier alpha value is -3.52. The Labute approximate surface area is 225 Å². The third-order valence-corrected chi connectivity index (χ3v) is 6.21. The van der Waals surface area contributed by atoms with Gasteiger partial charge in [0.2, 0.25) is 0 Å². The van der Waals surface area contributed by atoms with Crippen LogP contribution in [0.3, 0.4) is 0 Å². The smallest absolute Gasteiger partial charge is 0.435 e. The summed E-state index contributed by atoms with van der Waals surface area (Å²) in [4.78, 5) is 25.8. The van der Waals surface area contributed by atoms with Gasteiger partial charge >= 0.3 is 12.1 Å². The number of aromatic nitrogens is 2. The van der Waals surface area contributed by atoms with Crippen molar-refractivity contribution in [2.45, 2.75) is 84.8 Å². The Kier molecular flexibility index (Phi) is 8.17. The number of rotatable bonds is 7. The molecule has 0 radical (unpaired) electrons. The largest absolute Gasteiger partial charge is 0.459 e. The molecule has 0 aliphatic carbocycles. The highest BCUT2D eigenvalue weighted by atomic mass is 16.6. The Morgan fingerprint density at radius 2 is 1.55 bits per heavy atom. The summed E-state index contributed by atoms with van der Waals surface area (Å²) in [7, 11) is 0. The molecule has 3 aromatic rings. The first-order valence-electron chi connectivity index (χ1n) is 13.0. The third kappa shape index (κ3) is 6.13. The van der Waals surface area contributed by atoms with Crippen LogP contribution in [0.5, 0.6) is 0 Å². The SMILES string of the molecule is CCCC(=N)c1c(-c2ccc(C(C)(CN)C(=O)OC(C)(C)C)cc2)ccc2c1cnn2C(=O)OC(C)(C)C. The van der Waals surface area contributed by atoms with Crippen LogP contribution < -0.4 is 5.73 Å². The number of nitrogens with zero attached hydrogens (tertiary/aromatic N) is 2. The van der Waals surface area contributed by atoms with Crippen molar-refractivity contribution in [1.82, 2.24) is 9.78 Å². The maximum absolute atomic E-state index is 13.0. The van der Waals surface area contributed by atoms with E-state index in [0.29, 0.717) is 23.0 Å². The topological polar surface area (TPSA) is 120 Å². The highest BCUT2D eigenvalue weighted by Gasteiger charge is 2.38. The standard InChI is InChI=1S/C30H40N4O4/c1-9-10-23(32)25-21(15-16-24-22(25)17-33-34(24)27(36)38-29(5,6)7)19-11-13-20(14-12-19)30(8,18-31)26(35)37-28(2,3)4/h11-17,32H,9-10,18,31H2,1-8H3. The van der Waals surface area contributed by atoms with Crippen molar-refractivity contribution in [3.8, 4) is 11.1 Å². The molecule has 0 spiro atoms. The molecule has 0 bridgehead atoms. The zero-order valence-electron chi connectivity index (χ0n) is 23.8. The van der Waals surface area contributed by atoms with Gasteiger partial charge < -0.3 is 20.6 Å². The van der Waals surface area contributed by atoms with Crippen LogP contribution in [-0.4, -0.2) is 45.3 Å². The van der Waals surface area contributed by atoms with E-state index in [-0.39, 0.29) is 12.5 Å². The van der Waals surface area contributed by atoms with Crippen LogP contribution in [0.1, 0.15) is 79.4 Å². The summed E-state index contributed by atoms with van der Waals surface area (Å²) in [6.07, 6.45) is 2.43. The quantitative estimate of drug-likeness (QED) is 0.282. The van der Waals surface area contributed by atoms with Crippen LogP contribution in [0, 0.1) is 5.41 Å². The van der Waals surface area contributed by atoms with E-state index < -0.39 is 22.7 Å². The van der Waals surface area contributed by atoms with Gasteiger partial charge in [-0.05, 0) is 77.6 Å². The Morgan fingerprint density at radius 1 is 0.947 bits per heavy atom. The maximum Gasteiger partial charge on any atom is 0.435 e. The fourth-order valence-corrected chi connectivity index (χ4v) is 4.22. The molecule has 3 rings (SSSR count). The minimum absolute atomic E-state index is 0.101. The number of carbonyl (C=O) groups is 2. The molecular weight excluding hydrogens is 480 g/mol. The van der Waals surface area contributed by atoms with Crippen molar-refractivity contribution >= 4 is 28.7 Å². The van der Waals surface area contributed by atoms with Gasteiger partial charge in [-0.25, -0.2) is 4.79 Å². The van der Waals surface area contributed by atoms with Gasteiger partial charge in [-0.2, -0.15) is 9.78 Å². The molecule has 0 aliphatic heterocycles. The first kappa shape index (κ1) is 29.0. The predicted molar refractivity (Wildman–Crippen MR) is 151 cm³/mol. The summed E-state index contributed by atoms with van der Waals surface area (Å²) in [5.41, 5.74) is 8.01. The normalized spacial score (nSPS) is 13.7. The first-order valence-corrected chi connectivity index (χ1v) is 13.0. The van der Waals surface area contributed by atoms with E-state index in [2.05, 4.69) is 5.10 Å². The van der Waals surface area contributed by atoms with E-state index in [1.165, 1.54) is 4.68 Å². The molecule has 8 heteroatoms. The second kappa shape index (κ2) is 10.7. The summed E-state index contributed by atoms with van der Waals surface area (Å²) in [5.74, 6) is -0.373. The van der Waals surface area contributed by atoms with Gasteiger partial charge in [0.1, 0.15) is 16.6 Å². The average Bonchev–Trinajstić information content (AvgIpc) is 3.25. The van der Waals surface area contributed by atoms with Crippen LogP contribution in [0.4, 0.5) is 4.79 Å². The van der Waals surface area contributed by atoms with Crippen molar-refractivity contribution in [2.75, 3.05) is 6.54 Å². The number of carbonyl (C=O) groups excluding carboxylic acids is 2. The summed E-state index contributed by atoms with van der Waals surface area (Å²) < 4.78 is 12.4. The molecule has 0 saturated heterocycles. The molecule has 2 aromatic carbocycles. The zero-order valence-corrected chi connectivity index (χ0v) is 23.8. The highest BCUT2D eigenvalue weighted by Crippen LogP contribution is 2.34. The van der Waals surface area contributed by atoms with E-state index in [0.717, 1.165) is 28.7 Å². The average molecular weight is 521 g/mol. The Balaban J connectivity index is 2.09. The lowest BCUT2D eigenvalue weighted by molar-refractivity contribution is -0.161. The first-order chi connectivity index (χ1) is 17.6. The fourth-order valence-electron chi connectivity index (χ4n) is 4.22. The van der Waals surface area contributed by atoms with Crippen molar-refractivity contribution in [2.24, 2.45) is 5.73 Å². The van der Waals surface area contributed by atoms with Crippen molar-refractivity contribution < 1.29 is 19.1 Å². The van der Waals surface area contributed by atoms with Crippen LogP contribution in [-0.2, 0) is 19.7 Å². The lowest BCUT2D eigenvalue weighted by atomic mass is 9.81. The van der Waals surface area contributed by atoms with Gasteiger partial charge in [-0.15, -0.1) is 0 Å². The lowest BCUT2D eigenvalue weighted by Crippen LogP contribution is -2.44. The second-order valence-corrected chi connectivity index (χ2v) is 11.8. The molecule has 204 valence electrons. The Bertz CT molecular complexity index is 1340. The van der Waals surface area contributed by atoms with Crippen LogP contribution in [0.15, 0.2) is 42.6 Å². The highest BCUT2D eigenvalue weighted by molar-refractivity contribution is 6.14. The van der Waals surface area contributed by atoms with Gasteiger partial charge in [0.25, 0.3) is 0 Å². The molecule has 0 amide bonds. The number of ether oxygens (including phenoxy) is 2. The summed E-state index contributed by atoms with van der Waals surface area (Å²) >= 11 is 0. The number of benzene rings is 2. The van der Waals surface area contributed by atoms with E-state index in [1.807, 2.05) is 64.1 Å². The number of esters is 1. The van der Waals surface area contributed by atoms with E-state index in [9.17, 15) is 9.59 Å². The molecule has 38 heavy (non-hydrogen) atoms. The van der Waals surface area contributed by atoms with Crippen molar-refractivity contribution in [3.05, 3.63) is 53.7 Å². The van der Waals surface area contributed by atoms with E-state index in [1.54, 1.807) is 33.9 Å².